The second-order valence-corrected chi connectivity index (χ2v) is 3.90. The molecule has 0 aliphatic carbocycles. The van der Waals surface area contributed by atoms with Crippen molar-refractivity contribution in [3.63, 3.8) is 0 Å². The topological polar surface area (TPSA) is 15.3 Å². The van der Waals surface area contributed by atoms with E-state index < -0.39 is 0 Å². The zero-order valence-electron chi connectivity index (χ0n) is 9.06. The summed E-state index contributed by atoms with van der Waals surface area (Å²) in [5.41, 5.74) is 0. The minimum absolute atomic E-state index is 0.765. The van der Waals surface area contributed by atoms with Crippen LogP contribution < -0.4 is 5.32 Å². The molecule has 0 amide bonds. The molecule has 74 valence electrons. The van der Waals surface area contributed by atoms with E-state index in [1.54, 1.807) is 0 Å². The molecular formula is C10H24N2. The van der Waals surface area contributed by atoms with Gasteiger partial charge >= 0.3 is 0 Å². The Morgan fingerprint density at radius 3 is 2.42 bits per heavy atom. The zero-order chi connectivity index (χ0) is 9.40. The van der Waals surface area contributed by atoms with Crippen LogP contribution in [0.5, 0.6) is 0 Å². The average molecular weight is 172 g/mol. The molecule has 0 unspecified atom stereocenters. The number of nitrogens with one attached hydrogen (secondary N) is 1. The van der Waals surface area contributed by atoms with Crippen molar-refractivity contribution in [3.05, 3.63) is 0 Å². The molecule has 2 heteroatoms. The van der Waals surface area contributed by atoms with Gasteiger partial charge in [0.1, 0.15) is 0 Å². The molecule has 0 spiro atoms. The smallest absolute Gasteiger partial charge is 0.0104 e. The minimum atomic E-state index is 0.765. The molecule has 0 radical (unpaired) electrons. The van der Waals surface area contributed by atoms with Crippen LogP contribution in [-0.4, -0.2) is 38.1 Å². The third-order valence-corrected chi connectivity index (χ3v) is 1.83. The number of rotatable bonds is 7. The van der Waals surface area contributed by atoms with Crippen LogP contribution >= 0.6 is 0 Å². The lowest BCUT2D eigenvalue weighted by Crippen LogP contribution is -2.31. The summed E-state index contributed by atoms with van der Waals surface area (Å²) in [6.07, 6.45) is 1.25. The summed E-state index contributed by atoms with van der Waals surface area (Å²) in [5, 5.41) is 3.43. The molecule has 0 aromatic heterocycles. The molecule has 0 heterocycles. The average Bonchev–Trinajstić information content (AvgIpc) is 1.98. The van der Waals surface area contributed by atoms with Gasteiger partial charge in [-0.05, 0) is 32.5 Å². The van der Waals surface area contributed by atoms with Crippen molar-refractivity contribution in [2.24, 2.45) is 5.92 Å². The first-order chi connectivity index (χ1) is 5.66. The van der Waals surface area contributed by atoms with Gasteiger partial charge in [-0.3, -0.25) is 0 Å². The molecule has 0 rings (SSSR count). The number of hydrogen-bond donors (Lipinski definition) is 1. The Morgan fingerprint density at radius 2 is 1.92 bits per heavy atom. The normalized spacial score (nSPS) is 11.5. The zero-order valence-corrected chi connectivity index (χ0v) is 9.06. The second-order valence-electron chi connectivity index (χ2n) is 3.90. The standard InChI is InChI=1S/C10H24N2/c1-5-7-12(4)8-6-11-9-10(2)3/h10-11H,5-9H2,1-4H3. The predicted molar refractivity (Wildman–Crippen MR) is 55.5 cm³/mol. The van der Waals surface area contributed by atoms with Gasteiger partial charge in [0.05, 0.1) is 0 Å². The maximum absolute atomic E-state index is 3.43. The van der Waals surface area contributed by atoms with Gasteiger partial charge in [0.2, 0.25) is 0 Å². The van der Waals surface area contributed by atoms with Gasteiger partial charge in [0, 0.05) is 13.1 Å². The summed E-state index contributed by atoms with van der Waals surface area (Å²) in [7, 11) is 2.18. The van der Waals surface area contributed by atoms with Gasteiger partial charge in [0.25, 0.3) is 0 Å². The van der Waals surface area contributed by atoms with E-state index in [-0.39, 0.29) is 0 Å². The summed E-state index contributed by atoms with van der Waals surface area (Å²) in [6, 6.07) is 0. The maximum atomic E-state index is 3.43. The van der Waals surface area contributed by atoms with E-state index in [0.717, 1.165) is 19.0 Å². The fourth-order valence-electron chi connectivity index (χ4n) is 1.15. The highest BCUT2D eigenvalue weighted by molar-refractivity contribution is 4.55. The van der Waals surface area contributed by atoms with Crippen molar-refractivity contribution in [1.29, 1.82) is 0 Å². The molecule has 1 N–H and O–H groups in total. The minimum Gasteiger partial charge on any atom is -0.315 e. The first kappa shape index (κ1) is 11.9. The monoisotopic (exact) mass is 172 g/mol. The van der Waals surface area contributed by atoms with Crippen molar-refractivity contribution < 1.29 is 0 Å². The Balaban J connectivity index is 3.08. The molecule has 0 atom stereocenters. The van der Waals surface area contributed by atoms with Crippen LogP contribution in [0.25, 0.3) is 0 Å². The van der Waals surface area contributed by atoms with E-state index in [4.69, 9.17) is 0 Å². The molecule has 0 aliphatic rings. The maximum Gasteiger partial charge on any atom is 0.0104 e. The van der Waals surface area contributed by atoms with Gasteiger partial charge < -0.3 is 10.2 Å². The molecule has 0 aromatic carbocycles. The molecule has 0 aromatic rings. The van der Waals surface area contributed by atoms with Crippen LogP contribution in [-0.2, 0) is 0 Å². The Morgan fingerprint density at radius 1 is 1.25 bits per heavy atom. The van der Waals surface area contributed by atoms with Crippen LogP contribution in [0.3, 0.4) is 0 Å². The van der Waals surface area contributed by atoms with Gasteiger partial charge in [-0.1, -0.05) is 20.8 Å². The van der Waals surface area contributed by atoms with Crippen LogP contribution in [0.4, 0.5) is 0 Å². The fraction of sp³-hybridized carbons (Fsp3) is 1.00. The van der Waals surface area contributed by atoms with Gasteiger partial charge in [0.15, 0.2) is 0 Å². The lowest BCUT2D eigenvalue weighted by molar-refractivity contribution is 0.329. The Bertz CT molecular complexity index is 91.8. The molecule has 0 saturated heterocycles. The van der Waals surface area contributed by atoms with E-state index in [0.29, 0.717) is 0 Å². The van der Waals surface area contributed by atoms with E-state index in [9.17, 15) is 0 Å². The third-order valence-electron chi connectivity index (χ3n) is 1.83. The summed E-state index contributed by atoms with van der Waals surface area (Å²) >= 11 is 0. The van der Waals surface area contributed by atoms with Crippen molar-refractivity contribution >= 4 is 0 Å². The van der Waals surface area contributed by atoms with Crippen LogP contribution in [0, 0.1) is 5.92 Å². The number of likely N-dealkylation sites (N-methyl/N-ethyl adjacent to an activating group) is 1. The summed E-state index contributed by atoms with van der Waals surface area (Å²) < 4.78 is 0. The van der Waals surface area contributed by atoms with Crippen molar-refractivity contribution in [3.8, 4) is 0 Å². The molecular weight excluding hydrogens is 148 g/mol. The highest BCUT2D eigenvalue weighted by atomic mass is 15.1. The largest absolute Gasteiger partial charge is 0.315 e. The summed E-state index contributed by atoms with van der Waals surface area (Å²) in [5.74, 6) is 0.765. The number of nitrogens with zero attached hydrogens (tertiary/aromatic N) is 1. The summed E-state index contributed by atoms with van der Waals surface area (Å²) in [6.45, 7) is 11.3. The first-order valence-electron chi connectivity index (χ1n) is 5.06. The second kappa shape index (κ2) is 7.56. The van der Waals surface area contributed by atoms with Crippen molar-refractivity contribution in [1.82, 2.24) is 10.2 Å². The van der Waals surface area contributed by atoms with Crippen molar-refractivity contribution in [2.75, 3.05) is 33.2 Å². The van der Waals surface area contributed by atoms with E-state index >= 15 is 0 Å². The van der Waals surface area contributed by atoms with Crippen molar-refractivity contribution in [2.45, 2.75) is 27.2 Å². The highest BCUT2D eigenvalue weighted by Gasteiger charge is 1.96. The lowest BCUT2D eigenvalue weighted by Gasteiger charge is -2.16. The molecule has 0 saturated carbocycles. The fourth-order valence-corrected chi connectivity index (χ4v) is 1.15. The third kappa shape index (κ3) is 8.02. The number of hydrogen-bond acceptors (Lipinski definition) is 2. The Kier molecular flexibility index (Phi) is 7.51. The molecule has 0 bridgehead atoms. The Labute approximate surface area is 77.3 Å². The van der Waals surface area contributed by atoms with Gasteiger partial charge in [-0.15, -0.1) is 0 Å². The first-order valence-corrected chi connectivity index (χ1v) is 5.06. The molecule has 12 heavy (non-hydrogen) atoms. The molecule has 0 aliphatic heterocycles. The molecule has 0 fully saturated rings. The molecule has 2 nitrogen and oxygen atoms in total. The summed E-state index contributed by atoms with van der Waals surface area (Å²) in [4.78, 5) is 2.37. The van der Waals surface area contributed by atoms with E-state index in [1.807, 2.05) is 0 Å². The van der Waals surface area contributed by atoms with E-state index in [1.165, 1.54) is 19.5 Å². The van der Waals surface area contributed by atoms with Crippen LogP contribution in [0.1, 0.15) is 27.2 Å². The lowest BCUT2D eigenvalue weighted by atomic mass is 10.2. The predicted octanol–water partition coefficient (Wildman–Crippen LogP) is 1.57. The highest BCUT2D eigenvalue weighted by Crippen LogP contribution is 1.87. The van der Waals surface area contributed by atoms with Crippen LogP contribution in [0.15, 0.2) is 0 Å². The van der Waals surface area contributed by atoms with Gasteiger partial charge in [-0.2, -0.15) is 0 Å². The van der Waals surface area contributed by atoms with E-state index in [2.05, 4.69) is 38.0 Å². The van der Waals surface area contributed by atoms with Crippen LogP contribution in [0.2, 0.25) is 0 Å². The van der Waals surface area contributed by atoms with Gasteiger partial charge in [-0.25, -0.2) is 0 Å². The quantitative estimate of drug-likeness (QED) is 0.586. The Hall–Kier alpha value is -0.0800. The SMILES string of the molecule is CCCN(C)CCNCC(C)C.